The summed E-state index contributed by atoms with van der Waals surface area (Å²) in [6.45, 7) is 0. The molecule has 0 aliphatic heterocycles. The van der Waals surface area contributed by atoms with Gasteiger partial charge in [-0.2, -0.15) is 0 Å². The van der Waals surface area contributed by atoms with Crippen LogP contribution in [-0.4, -0.2) is 0 Å². The molecule has 0 saturated heterocycles. The summed E-state index contributed by atoms with van der Waals surface area (Å²) >= 11 is 0. The number of hydrogen-bond donors (Lipinski definition) is 0. The fraction of sp³-hybridized carbons (Fsp3) is 0. The number of nitrogens with zero attached hydrogens (tertiary/aromatic N) is 1. The first kappa shape index (κ1) is 33.6. The fourth-order valence-electron chi connectivity index (χ4n) is 8.49. The van der Waals surface area contributed by atoms with E-state index in [1.54, 1.807) is 0 Å². The molecule has 1 aromatic heterocycles. The summed E-state index contributed by atoms with van der Waals surface area (Å²) in [5.74, 6) is 0.879. The van der Waals surface area contributed by atoms with E-state index in [1.165, 1.54) is 60.1 Å². The Balaban J connectivity index is 0.973. The normalized spacial score (nSPS) is 11.4. The van der Waals surface area contributed by atoms with Crippen LogP contribution in [0.4, 0.5) is 17.1 Å². The second-order valence-electron chi connectivity index (χ2n) is 15.0. The quantitative estimate of drug-likeness (QED) is 0.151. The number of rotatable bonds is 7. The van der Waals surface area contributed by atoms with Crippen molar-refractivity contribution in [3.8, 4) is 44.7 Å². The molecule has 2 nitrogen and oxygen atoms in total. The van der Waals surface area contributed by atoms with Gasteiger partial charge in [0.05, 0.1) is 0 Å². The summed E-state index contributed by atoms with van der Waals surface area (Å²) in [5.41, 5.74) is 12.4. The molecular formula is C56H37NO. The Morgan fingerprint density at radius 1 is 0.276 bits per heavy atom. The van der Waals surface area contributed by atoms with E-state index in [1.807, 2.05) is 18.2 Å². The maximum Gasteiger partial charge on any atom is 0.135 e. The Bertz CT molecular complexity index is 3240. The summed E-state index contributed by atoms with van der Waals surface area (Å²) in [6, 6.07) is 80.7. The summed E-state index contributed by atoms with van der Waals surface area (Å²) in [7, 11) is 0. The Morgan fingerprint density at radius 2 is 0.828 bits per heavy atom. The van der Waals surface area contributed by atoms with Crippen LogP contribution in [0.1, 0.15) is 0 Å². The van der Waals surface area contributed by atoms with Gasteiger partial charge in [-0.25, -0.2) is 0 Å². The minimum absolute atomic E-state index is 0.879. The zero-order valence-corrected chi connectivity index (χ0v) is 31.7. The monoisotopic (exact) mass is 739 g/mol. The molecule has 0 saturated carbocycles. The molecule has 0 spiro atoms. The van der Waals surface area contributed by atoms with Gasteiger partial charge >= 0.3 is 0 Å². The second-order valence-corrected chi connectivity index (χ2v) is 15.0. The predicted molar refractivity (Wildman–Crippen MR) is 245 cm³/mol. The van der Waals surface area contributed by atoms with Crippen LogP contribution < -0.4 is 4.90 Å². The molecule has 0 bridgehead atoms. The van der Waals surface area contributed by atoms with Crippen molar-refractivity contribution in [1.29, 1.82) is 0 Å². The largest absolute Gasteiger partial charge is 0.456 e. The van der Waals surface area contributed by atoms with Crippen LogP contribution in [-0.2, 0) is 0 Å². The lowest BCUT2D eigenvalue weighted by atomic mass is 9.93. The maximum absolute atomic E-state index is 6.21. The molecule has 0 amide bonds. The molecule has 1 heterocycles. The number of furan rings is 1. The van der Waals surface area contributed by atoms with E-state index in [-0.39, 0.29) is 0 Å². The van der Waals surface area contributed by atoms with Crippen molar-refractivity contribution in [2.75, 3.05) is 4.90 Å². The third-order valence-corrected chi connectivity index (χ3v) is 11.4. The minimum atomic E-state index is 0.879. The molecule has 58 heavy (non-hydrogen) atoms. The highest BCUT2D eigenvalue weighted by Gasteiger charge is 2.16. The standard InChI is InChI=1S/C56H37NO/c1-2-11-38(12-3-1)39-23-28-48(29-24-39)57(49-30-25-40(26-31-49)54-36-45-13-4-6-17-51(45)52-18-7-8-19-53(52)54)50-32-27-43-33-42(21-22-44(43)35-50)41-15-10-16-46(34-41)56-37-47-14-5-9-20-55(47)58-56/h1-37H. The van der Waals surface area contributed by atoms with E-state index in [0.717, 1.165) is 44.9 Å². The van der Waals surface area contributed by atoms with E-state index in [4.69, 9.17) is 4.42 Å². The SMILES string of the molecule is c1ccc(-c2ccc(N(c3ccc(-c4cc5ccccc5c5ccccc45)cc3)c3ccc4cc(-c5cccc(-c6cc7ccccc7o6)c5)ccc4c3)cc2)cc1. The molecule has 0 aliphatic rings. The Kier molecular flexibility index (Phi) is 8.19. The number of fused-ring (bicyclic) bond motifs is 5. The van der Waals surface area contributed by atoms with Crippen molar-refractivity contribution in [3.05, 3.63) is 224 Å². The van der Waals surface area contributed by atoms with Gasteiger partial charge in [-0.1, -0.05) is 158 Å². The van der Waals surface area contributed by atoms with Crippen molar-refractivity contribution in [2.45, 2.75) is 0 Å². The molecule has 0 N–H and O–H groups in total. The molecule has 0 unspecified atom stereocenters. The van der Waals surface area contributed by atoms with Crippen LogP contribution in [0.25, 0.3) is 88.0 Å². The van der Waals surface area contributed by atoms with Gasteiger partial charge in [-0.3, -0.25) is 0 Å². The van der Waals surface area contributed by atoms with Gasteiger partial charge in [0.25, 0.3) is 0 Å². The first-order valence-corrected chi connectivity index (χ1v) is 19.8. The van der Waals surface area contributed by atoms with Crippen LogP contribution in [0.3, 0.4) is 0 Å². The number of hydrogen-bond acceptors (Lipinski definition) is 2. The molecule has 0 radical (unpaired) electrons. The highest BCUT2D eigenvalue weighted by molar-refractivity contribution is 6.13. The average molecular weight is 740 g/mol. The lowest BCUT2D eigenvalue weighted by molar-refractivity contribution is 0.631. The summed E-state index contributed by atoms with van der Waals surface area (Å²) in [5, 5.41) is 8.55. The van der Waals surface area contributed by atoms with Crippen LogP contribution in [0.2, 0.25) is 0 Å². The lowest BCUT2D eigenvalue weighted by Crippen LogP contribution is -2.09. The molecular weight excluding hydrogens is 703 g/mol. The van der Waals surface area contributed by atoms with Crippen molar-refractivity contribution in [3.63, 3.8) is 0 Å². The van der Waals surface area contributed by atoms with Gasteiger partial charge in [0, 0.05) is 28.0 Å². The van der Waals surface area contributed by atoms with Crippen molar-refractivity contribution in [1.82, 2.24) is 0 Å². The van der Waals surface area contributed by atoms with Gasteiger partial charge in [0.1, 0.15) is 11.3 Å². The van der Waals surface area contributed by atoms with Gasteiger partial charge in [-0.05, 0) is 132 Å². The van der Waals surface area contributed by atoms with E-state index >= 15 is 0 Å². The van der Waals surface area contributed by atoms with Crippen LogP contribution in [0.5, 0.6) is 0 Å². The summed E-state index contributed by atoms with van der Waals surface area (Å²) in [6.07, 6.45) is 0. The molecule has 0 aliphatic carbocycles. The summed E-state index contributed by atoms with van der Waals surface area (Å²) < 4.78 is 6.21. The van der Waals surface area contributed by atoms with Crippen molar-refractivity contribution in [2.24, 2.45) is 0 Å². The molecule has 272 valence electrons. The van der Waals surface area contributed by atoms with Crippen LogP contribution >= 0.6 is 0 Å². The molecule has 11 aromatic rings. The first-order chi connectivity index (χ1) is 28.7. The molecule has 11 rings (SSSR count). The average Bonchev–Trinajstić information content (AvgIpc) is 3.74. The number of para-hydroxylation sites is 1. The third-order valence-electron chi connectivity index (χ3n) is 11.4. The van der Waals surface area contributed by atoms with Crippen LogP contribution in [0, 0.1) is 0 Å². The van der Waals surface area contributed by atoms with Gasteiger partial charge in [0.15, 0.2) is 0 Å². The van der Waals surface area contributed by atoms with Crippen LogP contribution in [0.15, 0.2) is 229 Å². The number of anilines is 3. The van der Waals surface area contributed by atoms with Crippen molar-refractivity contribution < 1.29 is 4.42 Å². The molecule has 0 atom stereocenters. The fourth-order valence-corrected chi connectivity index (χ4v) is 8.49. The molecule has 10 aromatic carbocycles. The van der Waals surface area contributed by atoms with Gasteiger partial charge < -0.3 is 9.32 Å². The third kappa shape index (κ3) is 6.09. The molecule has 2 heteroatoms. The van der Waals surface area contributed by atoms with E-state index in [2.05, 4.69) is 211 Å². The highest BCUT2D eigenvalue weighted by Crippen LogP contribution is 2.41. The smallest absolute Gasteiger partial charge is 0.135 e. The minimum Gasteiger partial charge on any atom is -0.456 e. The Morgan fingerprint density at radius 3 is 1.62 bits per heavy atom. The van der Waals surface area contributed by atoms with Crippen molar-refractivity contribution >= 4 is 60.3 Å². The first-order valence-electron chi connectivity index (χ1n) is 19.8. The zero-order valence-electron chi connectivity index (χ0n) is 31.7. The Labute approximate surface area is 337 Å². The second kappa shape index (κ2) is 14.1. The Hall–Kier alpha value is -7.68. The zero-order chi connectivity index (χ0) is 38.4. The van der Waals surface area contributed by atoms with E-state index < -0.39 is 0 Å². The lowest BCUT2D eigenvalue weighted by Gasteiger charge is -2.26. The summed E-state index contributed by atoms with van der Waals surface area (Å²) in [4.78, 5) is 2.36. The van der Waals surface area contributed by atoms with Gasteiger partial charge in [-0.15, -0.1) is 0 Å². The highest BCUT2D eigenvalue weighted by atomic mass is 16.3. The topological polar surface area (TPSA) is 16.4 Å². The van der Waals surface area contributed by atoms with Gasteiger partial charge in [0.2, 0.25) is 0 Å². The van der Waals surface area contributed by atoms with E-state index in [0.29, 0.717) is 0 Å². The maximum atomic E-state index is 6.21. The van der Waals surface area contributed by atoms with E-state index in [9.17, 15) is 0 Å². The number of benzene rings is 10. The molecule has 0 fully saturated rings. The predicted octanol–water partition coefficient (Wildman–Crippen LogP) is 16.0.